The molecule has 2 aliphatic heterocycles. The molecule has 40 heavy (non-hydrogen) atoms. The van der Waals surface area contributed by atoms with Gasteiger partial charge in [0.15, 0.2) is 17.2 Å². The van der Waals surface area contributed by atoms with Gasteiger partial charge in [0, 0.05) is 49.5 Å². The van der Waals surface area contributed by atoms with Crippen LogP contribution in [0.3, 0.4) is 0 Å². The summed E-state index contributed by atoms with van der Waals surface area (Å²) in [6, 6.07) is 4.10. The smallest absolute Gasteiger partial charge is 0.417 e. The van der Waals surface area contributed by atoms with Crippen molar-refractivity contribution >= 4 is 17.5 Å². The summed E-state index contributed by atoms with van der Waals surface area (Å²) in [5.74, 6) is -7.61. The zero-order valence-electron chi connectivity index (χ0n) is 22.1. The molecule has 2 fully saturated rings. The molecule has 6 atom stereocenters. The van der Waals surface area contributed by atoms with E-state index in [2.05, 4.69) is 20.9 Å². The summed E-state index contributed by atoms with van der Waals surface area (Å²) >= 11 is 0. The maximum absolute atomic E-state index is 14.5. The molecule has 2 amide bonds. The van der Waals surface area contributed by atoms with Crippen molar-refractivity contribution in [2.75, 3.05) is 32.6 Å². The SMILES string of the molecule is COc1c([C@H]2[C@H](C(=O)Nc3ccnc(C(=O)N[C@H]4CNC[C@@H]4OC)c3)O[C@@](C)(C(F)(F)F)[C@H]2C)ccc(F)c1F. The number of ether oxygens (including phenoxy) is 3. The third-order valence-electron chi connectivity index (χ3n) is 7.61. The average Bonchev–Trinajstić information content (AvgIpc) is 3.47. The predicted molar refractivity (Wildman–Crippen MR) is 132 cm³/mol. The van der Waals surface area contributed by atoms with Gasteiger partial charge in [0.2, 0.25) is 5.82 Å². The van der Waals surface area contributed by atoms with Crippen molar-refractivity contribution in [3.8, 4) is 5.75 Å². The van der Waals surface area contributed by atoms with Crippen LogP contribution in [0, 0.1) is 17.6 Å². The van der Waals surface area contributed by atoms with Crippen LogP contribution in [0.2, 0.25) is 0 Å². The maximum atomic E-state index is 14.5. The van der Waals surface area contributed by atoms with Crippen LogP contribution in [0.1, 0.15) is 35.8 Å². The van der Waals surface area contributed by atoms with E-state index in [1.807, 2.05) is 0 Å². The van der Waals surface area contributed by atoms with E-state index in [0.29, 0.717) is 13.1 Å². The number of pyridine rings is 1. The van der Waals surface area contributed by atoms with Crippen molar-refractivity contribution in [3.05, 3.63) is 53.4 Å². The van der Waals surface area contributed by atoms with Gasteiger partial charge >= 0.3 is 6.18 Å². The Bertz CT molecular complexity index is 1280. The second-order valence-corrected chi connectivity index (χ2v) is 9.87. The summed E-state index contributed by atoms with van der Waals surface area (Å²) in [6.45, 7) is 3.03. The minimum atomic E-state index is -4.90. The third kappa shape index (κ3) is 5.34. The molecule has 0 bridgehead atoms. The maximum Gasteiger partial charge on any atom is 0.417 e. The van der Waals surface area contributed by atoms with Crippen LogP contribution < -0.4 is 20.7 Å². The first-order valence-electron chi connectivity index (χ1n) is 12.4. The van der Waals surface area contributed by atoms with Crippen LogP contribution in [0.25, 0.3) is 0 Å². The third-order valence-corrected chi connectivity index (χ3v) is 7.61. The molecular weight excluding hydrogens is 543 g/mol. The average molecular weight is 573 g/mol. The molecule has 0 aliphatic carbocycles. The monoisotopic (exact) mass is 572 g/mol. The number of anilines is 1. The van der Waals surface area contributed by atoms with E-state index in [-0.39, 0.29) is 29.1 Å². The normalized spacial score (nSPS) is 28.4. The number of benzene rings is 1. The number of aromatic nitrogens is 1. The molecule has 0 spiro atoms. The Morgan fingerprint density at radius 1 is 1.18 bits per heavy atom. The minimum Gasteiger partial charge on any atom is -0.493 e. The number of carbonyl (C=O) groups excluding carboxylic acids is 2. The zero-order chi connectivity index (χ0) is 29.4. The number of hydrogen-bond acceptors (Lipinski definition) is 7. The van der Waals surface area contributed by atoms with Crippen LogP contribution in [0.4, 0.5) is 27.6 Å². The van der Waals surface area contributed by atoms with Gasteiger partial charge < -0.3 is 30.2 Å². The van der Waals surface area contributed by atoms with Gasteiger partial charge in [-0.1, -0.05) is 13.0 Å². The largest absolute Gasteiger partial charge is 0.493 e. The Hall–Kier alpha value is -3.36. The molecule has 3 heterocycles. The standard InChI is InChI=1S/C26H29F5N4O5/c1-12-19(14-5-6-15(27)20(28)21(14)39-4)22(40-25(12,2)26(29,30)31)24(37)34-13-7-8-33-16(9-13)23(36)35-17-10-32-11-18(17)38-3/h5-9,12,17-19,22,32H,10-11H2,1-4H3,(H,35,36)(H,33,34,37)/t12-,17-,18-,19-,22+,25+/m0/s1. The number of carbonyl (C=O) groups is 2. The fourth-order valence-corrected chi connectivity index (χ4v) is 5.17. The van der Waals surface area contributed by atoms with E-state index in [4.69, 9.17) is 14.2 Å². The van der Waals surface area contributed by atoms with Gasteiger partial charge in [0.05, 0.1) is 19.3 Å². The van der Waals surface area contributed by atoms with Crippen LogP contribution in [0.15, 0.2) is 30.5 Å². The number of alkyl halides is 3. The molecule has 2 saturated heterocycles. The van der Waals surface area contributed by atoms with E-state index in [1.165, 1.54) is 32.4 Å². The molecule has 0 unspecified atom stereocenters. The first-order valence-corrected chi connectivity index (χ1v) is 12.4. The van der Waals surface area contributed by atoms with Crippen molar-refractivity contribution < 1.29 is 45.8 Å². The van der Waals surface area contributed by atoms with Crippen LogP contribution in [-0.2, 0) is 14.3 Å². The Morgan fingerprint density at radius 2 is 1.90 bits per heavy atom. The van der Waals surface area contributed by atoms with Gasteiger partial charge in [-0.25, -0.2) is 4.39 Å². The minimum absolute atomic E-state index is 0.0563. The fourth-order valence-electron chi connectivity index (χ4n) is 5.17. The number of hydrogen-bond donors (Lipinski definition) is 3. The highest BCUT2D eigenvalue weighted by molar-refractivity contribution is 5.98. The molecule has 0 saturated carbocycles. The molecule has 2 aliphatic rings. The summed E-state index contributed by atoms with van der Waals surface area (Å²) in [4.78, 5) is 30.2. The number of nitrogens with one attached hydrogen (secondary N) is 3. The molecule has 14 heteroatoms. The Kier molecular flexibility index (Phi) is 8.33. The lowest BCUT2D eigenvalue weighted by Crippen LogP contribution is -2.47. The highest BCUT2D eigenvalue weighted by Gasteiger charge is 2.66. The lowest BCUT2D eigenvalue weighted by atomic mass is 9.77. The molecule has 1 aromatic heterocycles. The fraction of sp³-hybridized carbons (Fsp3) is 0.500. The van der Waals surface area contributed by atoms with Gasteiger partial charge in [-0.15, -0.1) is 0 Å². The van der Waals surface area contributed by atoms with Crippen molar-refractivity contribution in [3.63, 3.8) is 0 Å². The summed E-state index contributed by atoms with van der Waals surface area (Å²) in [6.07, 6.45) is -5.68. The van der Waals surface area contributed by atoms with Crippen molar-refractivity contribution in [2.45, 2.75) is 49.8 Å². The number of nitrogens with zero attached hydrogens (tertiary/aromatic N) is 1. The Morgan fingerprint density at radius 3 is 2.55 bits per heavy atom. The van der Waals surface area contributed by atoms with Gasteiger partial charge in [-0.2, -0.15) is 17.6 Å². The van der Waals surface area contributed by atoms with E-state index in [0.717, 1.165) is 26.2 Å². The zero-order valence-corrected chi connectivity index (χ0v) is 22.1. The van der Waals surface area contributed by atoms with Gasteiger partial charge in [-0.05, 0) is 25.1 Å². The van der Waals surface area contributed by atoms with Crippen molar-refractivity contribution in [1.82, 2.24) is 15.6 Å². The molecule has 4 rings (SSSR count). The molecular formula is C26H29F5N4O5. The lowest BCUT2D eigenvalue weighted by Gasteiger charge is -2.32. The lowest BCUT2D eigenvalue weighted by molar-refractivity contribution is -0.272. The summed E-state index contributed by atoms with van der Waals surface area (Å²) in [5.41, 5.74) is -2.95. The number of rotatable bonds is 7. The van der Waals surface area contributed by atoms with Crippen molar-refractivity contribution in [2.24, 2.45) is 5.92 Å². The molecule has 0 radical (unpaired) electrons. The van der Waals surface area contributed by atoms with Gasteiger partial charge in [0.25, 0.3) is 11.8 Å². The van der Waals surface area contributed by atoms with E-state index >= 15 is 0 Å². The molecule has 3 N–H and O–H groups in total. The van der Waals surface area contributed by atoms with Crippen molar-refractivity contribution in [1.29, 1.82) is 0 Å². The highest BCUT2D eigenvalue weighted by Crippen LogP contribution is 2.55. The van der Waals surface area contributed by atoms with Crippen LogP contribution in [-0.4, -0.2) is 74.1 Å². The van der Waals surface area contributed by atoms with E-state index in [1.54, 1.807) is 0 Å². The molecule has 218 valence electrons. The summed E-state index contributed by atoms with van der Waals surface area (Å²) < 4.78 is 86.5. The second kappa shape index (κ2) is 11.3. The molecule has 9 nitrogen and oxygen atoms in total. The van der Waals surface area contributed by atoms with E-state index < -0.39 is 58.9 Å². The predicted octanol–water partition coefficient (Wildman–Crippen LogP) is 3.16. The summed E-state index contributed by atoms with van der Waals surface area (Å²) in [5, 5.41) is 8.34. The summed E-state index contributed by atoms with van der Waals surface area (Å²) in [7, 11) is 2.56. The molecule has 1 aromatic carbocycles. The topological polar surface area (TPSA) is 111 Å². The Labute approximate surface area is 226 Å². The Balaban J connectivity index is 1.62. The van der Waals surface area contributed by atoms with Crippen LogP contribution >= 0.6 is 0 Å². The van der Waals surface area contributed by atoms with Gasteiger partial charge in [0.1, 0.15) is 11.8 Å². The first kappa shape index (κ1) is 29.6. The number of amides is 2. The van der Waals surface area contributed by atoms with Crippen LogP contribution in [0.5, 0.6) is 5.75 Å². The second-order valence-electron chi connectivity index (χ2n) is 9.87. The molecule has 2 aromatic rings. The van der Waals surface area contributed by atoms with E-state index in [9.17, 15) is 31.5 Å². The first-order chi connectivity index (χ1) is 18.8. The number of methoxy groups -OCH3 is 2. The number of halogens is 5. The quantitative estimate of drug-likeness (QED) is 0.438. The highest BCUT2D eigenvalue weighted by atomic mass is 19.4. The van der Waals surface area contributed by atoms with Gasteiger partial charge in [-0.3, -0.25) is 14.6 Å².